The molecule has 2 aromatic rings. The molecule has 0 saturated carbocycles. The van der Waals surface area contributed by atoms with Crippen molar-refractivity contribution in [2.24, 2.45) is 0 Å². The van der Waals surface area contributed by atoms with Crippen LogP contribution in [0, 0.1) is 13.8 Å². The second kappa shape index (κ2) is 6.93. The number of para-hydroxylation sites is 1. The van der Waals surface area contributed by atoms with Crippen molar-refractivity contribution in [3.05, 3.63) is 59.2 Å². The smallest absolute Gasteiger partial charge is 0.262 e. The van der Waals surface area contributed by atoms with Gasteiger partial charge in [0.15, 0.2) is 6.61 Å². The fourth-order valence-corrected chi connectivity index (χ4v) is 2.23. The zero-order valence-electron chi connectivity index (χ0n) is 12.8. The van der Waals surface area contributed by atoms with Gasteiger partial charge in [0.1, 0.15) is 5.75 Å². The number of aryl methyl sites for hydroxylation is 3. The van der Waals surface area contributed by atoms with Crippen LogP contribution in [0.1, 0.15) is 23.6 Å². The SMILES string of the molecule is CCc1cccc(NC(=O)COc2c(C)cccc2C)c1. The minimum Gasteiger partial charge on any atom is -0.483 e. The van der Waals surface area contributed by atoms with Crippen molar-refractivity contribution in [3.8, 4) is 5.75 Å². The molecule has 0 fully saturated rings. The fraction of sp³-hybridized carbons (Fsp3) is 0.278. The lowest BCUT2D eigenvalue weighted by Gasteiger charge is -2.12. The molecule has 0 aliphatic rings. The highest BCUT2D eigenvalue weighted by molar-refractivity contribution is 5.91. The summed E-state index contributed by atoms with van der Waals surface area (Å²) in [5, 5.41) is 2.86. The van der Waals surface area contributed by atoms with E-state index in [9.17, 15) is 4.79 Å². The predicted octanol–water partition coefficient (Wildman–Crippen LogP) is 3.88. The molecule has 2 aromatic carbocycles. The number of hydrogen-bond acceptors (Lipinski definition) is 2. The molecule has 1 N–H and O–H groups in total. The molecule has 0 bridgehead atoms. The van der Waals surface area contributed by atoms with Crippen LogP contribution >= 0.6 is 0 Å². The zero-order chi connectivity index (χ0) is 15.2. The predicted molar refractivity (Wildman–Crippen MR) is 85.9 cm³/mol. The topological polar surface area (TPSA) is 38.3 Å². The molecule has 0 spiro atoms. The molecule has 0 unspecified atom stereocenters. The van der Waals surface area contributed by atoms with Crippen molar-refractivity contribution in [3.63, 3.8) is 0 Å². The maximum Gasteiger partial charge on any atom is 0.262 e. The summed E-state index contributed by atoms with van der Waals surface area (Å²) in [4.78, 5) is 12.0. The summed E-state index contributed by atoms with van der Waals surface area (Å²) in [6.07, 6.45) is 0.947. The highest BCUT2D eigenvalue weighted by atomic mass is 16.5. The van der Waals surface area contributed by atoms with Gasteiger partial charge in [0.25, 0.3) is 5.91 Å². The maximum absolute atomic E-state index is 12.0. The van der Waals surface area contributed by atoms with Gasteiger partial charge in [0, 0.05) is 5.69 Å². The quantitative estimate of drug-likeness (QED) is 0.904. The van der Waals surface area contributed by atoms with Crippen LogP contribution in [-0.2, 0) is 11.2 Å². The number of nitrogens with one attached hydrogen (secondary N) is 1. The molecule has 2 rings (SSSR count). The summed E-state index contributed by atoms with van der Waals surface area (Å²) in [5.74, 6) is 0.640. The van der Waals surface area contributed by atoms with Crippen LogP contribution < -0.4 is 10.1 Å². The molecule has 1 amide bonds. The van der Waals surface area contributed by atoms with E-state index < -0.39 is 0 Å². The van der Waals surface area contributed by atoms with E-state index in [1.807, 2.05) is 56.3 Å². The Morgan fingerprint density at radius 2 is 1.76 bits per heavy atom. The average Bonchev–Trinajstić information content (AvgIpc) is 2.47. The van der Waals surface area contributed by atoms with Crippen LogP contribution in [0.4, 0.5) is 5.69 Å². The lowest BCUT2D eigenvalue weighted by atomic mass is 10.1. The summed E-state index contributed by atoms with van der Waals surface area (Å²) in [7, 11) is 0. The molecule has 0 aliphatic heterocycles. The first-order chi connectivity index (χ1) is 10.1. The van der Waals surface area contributed by atoms with Crippen LogP contribution in [0.2, 0.25) is 0 Å². The molecule has 110 valence electrons. The Labute approximate surface area is 126 Å². The van der Waals surface area contributed by atoms with Crippen LogP contribution in [0.25, 0.3) is 0 Å². The molecule has 3 heteroatoms. The number of anilines is 1. The number of hydrogen-bond donors (Lipinski definition) is 1. The first-order valence-electron chi connectivity index (χ1n) is 7.18. The third-order valence-electron chi connectivity index (χ3n) is 3.38. The standard InChI is InChI=1S/C18H21NO2/c1-4-15-9-6-10-16(11-15)19-17(20)12-21-18-13(2)7-5-8-14(18)3/h5-11H,4,12H2,1-3H3,(H,19,20). The summed E-state index contributed by atoms with van der Waals surface area (Å²) in [6, 6.07) is 13.8. The zero-order valence-corrected chi connectivity index (χ0v) is 12.8. The van der Waals surface area contributed by atoms with Crippen molar-refractivity contribution >= 4 is 11.6 Å². The van der Waals surface area contributed by atoms with Crippen molar-refractivity contribution in [2.75, 3.05) is 11.9 Å². The Morgan fingerprint density at radius 3 is 2.43 bits per heavy atom. The van der Waals surface area contributed by atoms with Crippen LogP contribution in [0.15, 0.2) is 42.5 Å². The van der Waals surface area contributed by atoms with Crippen LogP contribution in [0.5, 0.6) is 5.75 Å². The number of benzene rings is 2. The van der Waals surface area contributed by atoms with E-state index >= 15 is 0 Å². The molecule has 0 atom stereocenters. The second-order valence-electron chi connectivity index (χ2n) is 5.11. The Bertz CT molecular complexity index is 615. The molecule has 0 saturated heterocycles. The van der Waals surface area contributed by atoms with Crippen LogP contribution in [-0.4, -0.2) is 12.5 Å². The molecule has 0 aromatic heterocycles. The molecule has 0 aliphatic carbocycles. The van der Waals surface area contributed by atoms with Crippen molar-refractivity contribution in [1.82, 2.24) is 0 Å². The minimum absolute atomic E-state index is 0.0159. The van der Waals surface area contributed by atoms with Crippen LogP contribution in [0.3, 0.4) is 0 Å². The monoisotopic (exact) mass is 283 g/mol. The van der Waals surface area contributed by atoms with Gasteiger partial charge in [-0.1, -0.05) is 37.3 Å². The molecule has 0 heterocycles. The van der Waals surface area contributed by atoms with Crippen molar-refractivity contribution in [2.45, 2.75) is 27.2 Å². The lowest BCUT2D eigenvalue weighted by Crippen LogP contribution is -2.20. The van der Waals surface area contributed by atoms with Gasteiger partial charge in [0.2, 0.25) is 0 Å². The lowest BCUT2D eigenvalue weighted by molar-refractivity contribution is -0.118. The first-order valence-corrected chi connectivity index (χ1v) is 7.18. The van der Waals surface area contributed by atoms with Gasteiger partial charge in [0.05, 0.1) is 0 Å². The van der Waals surface area contributed by atoms with Crippen molar-refractivity contribution in [1.29, 1.82) is 0 Å². The maximum atomic E-state index is 12.0. The molecular weight excluding hydrogens is 262 g/mol. The summed E-state index contributed by atoms with van der Waals surface area (Å²) in [6.45, 7) is 6.06. The molecule has 0 radical (unpaired) electrons. The number of ether oxygens (including phenoxy) is 1. The van der Waals surface area contributed by atoms with Crippen molar-refractivity contribution < 1.29 is 9.53 Å². The minimum atomic E-state index is -0.147. The Kier molecular flexibility index (Phi) is 4.99. The highest BCUT2D eigenvalue weighted by Gasteiger charge is 2.07. The summed E-state index contributed by atoms with van der Waals surface area (Å²) < 4.78 is 5.65. The van der Waals surface area contributed by atoms with Gasteiger partial charge >= 0.3 is 0 Å². The number of rotatable bonds is 5. The highest BCUT2D eigenvalue weighted by Crippen LogP contribution is 2.22. The first kappa shape index (κ1) is 15.1. The van der Waals surface area contributed by atoms with E-state index in [-0.39, 0.29) is 12.5 Å². The van der Waals surface area contributed by atoms with Gasteiger partial charge in [-0.15, -0.1) is 0 Å². The van der Waals surface area contributed by atoms with Gasteiger partial charge in [-0.3, -0.25) is 4.79 Å². The Morgan fingerprint density at radius 1 is 1.10 bits per heavy atom. The Hall–Kier alpha value is -2.29. The third kappa shape index (κ3) is 4.09. The van der Waals surface area contributed by atoms with E-state index in [1.165, 1.54) is 5.56 Å². The third-order valence-corrected chi connectivity index (χ3v) is 3.38. The largest absolute Gasteiger partial charge is 0.483 e. The normalized spacial score (nSPS) is 10.2. The molecular formula is C18H21NO2. The summed E-state index contributed by atoms with van der Waals surface area (Å²) in [5.41, 5.74) is 4.08. The van der Waals surface area contributed by atoms with Gasteiger partial charge in [-0.2, -0.15) is 0 Å². The van der Waals surface area contributed by atoms with E-state index in [0.29, 0.717) is 0 Å². The van der Waals surface area contributed by atoms with Gasteiger partial charge < -0.3 is 10.1 Å². The average molecular weight is 283 g/mol. The molecule has 21 heavy (non-hydrogen) atoms. The second-order valence-corrected chi connectivity index (χ2v) is 5.11. The van der Waals surface area contributed by atoms with Gasteiger partial charge in [-0.25, -0.2) is 0 Å². The van der Waals surface area contributed by atoms with E-state index in [1.54, 1.807) is 0 Å². The number of carbonyl (C=O) groups excluding carboxylic acids is 1. The summed E-state index contributed by atoms with van der Waals surface area (Å²) >= 11 is 0. The van der Waals surface area contributed by atoms with E-state index in [4.69, 9.17) is 4.74 Å². The van der Waals surface area contributed by atoms with E-state index in [2.05, 4.69) is 12.2 Å². The van der Waals surface area contributed by atoms with Gasteiger partial charge in [-0.05, 0) is 49.1 Å². The molecule has 3 nitrogen and oxygen atoms in total. The number of carbonyl (C=O) groups is 1. The number of amides is 1. The fourth-order valence-electron chi connectivity index (χ4n) is 2.23. The van der Waals surface area contributed by atoms with E-state index in [0.717, 1.165) is 29.0 Å². The Balaban J connectivity index is 1.96.